The van der Waals surface area contributed by atoms with Crippen LogP contribution >= 0.6 is 0 Å². The summed E-state index contributed by atoms with van der Waals surface area (Å²) in [6.45, 7) is 4.45. The van der Waals surface area contributed by atoms with Gasteiger partial charge in [-0.15, -0.1) is 0 Å². The van der Waals surface area contributed by atoms with Crippen molar-refractivity contribution >= 4 is 10.8 Å². The number of H-pyrrole nitrogens is 4. The molecule has 0 aliphatic carbocycles. The van der Waals surface area contributed by atoms with Gasteiger partial charge in [0, 0.05) is 5.92 Å². The third-order valence-corrected chi connectivity index (χ3v) is 8.38. The molecule has 0 fully saturated rings. The van der Waals surface area contributed by atoms with Gasteiger partial charge in [0.1, 0.15) is 12.4 Å². The average molecular weight is 593 g/mol. The van der Waals surface area contributed by atoms with Crippen molar-refractivity contribution in [3.8, 4) is 28.3 Å². The Morgan fingerprint density at radius 1 is 0.578 bits per heavy atom. The number of aromatic nitrogens is 4. The summed E-state index contributed by atoms with van der Waals surface area (Å²) in [5, 5.41) is 14.1. The fraction of sp³-hybridized carbons (Fsp3) is 0.105. The van der Waals surface area contributed by atoms with E-state index in [1.54, 1.807) is 0 Å². The van der Waals surface area contributed by atoms with Crippen molar-refractivity contribution in [1.82, 2.24) is 20.4 Å². The van der Waals surface area contributed by atoms with Crippen molar-refractivity contribution in [2.75, 3.05) is 0 Å². The van der Waals surface area contributed by atoms with Gasteiger partial charge in [-0.2, -0.15) is 0 Å². The number of aryl methyl sites for hydroxylation is 2. The summed E-state index contributed by atoms with van der Waals surface area (Å²) in [7, 11) is 0. The standard InChI is InChI=1S/C38H32N4O3/c1-23-10-14-27(15-11-23)35-33(37(43)41-39-35)32(34-36(40-42-38(34)44)28-16-12-24(2)13-17-28)26-18-20-30(21-19-26)45-22-29-8-5-7-25-6-3-4-9-31(25)29/h3-21,32H,22H2,1-2H3,(H2,39,41,43)(H2,40,42,44). The quantitative estimate of drug-likeness (QED) is 0.146. The normalized spacial score (nSPS) is 11.4. The van der Waals surface area contributed by atoms with E-state index in [4.69, 9.17) is 4.74 Å². The fourth-order valence-electron chi connectivity index (χ4n) is 6.00. The highest BCUT2D eigenvalue weighted by atomic mass is 16.5. The number of hydrogen-bond donors (Lipinski definition) is 4. The Balaban J connectivity index is 1.32. The number of aromatic amines is 4. The first-order valence-electron chi connectivity index (χ1n) is 14.9. The van der Waals surface area contributed by atoms with E-state index in [1.807, 2.05) is 105 Å². The van der Waals surface area contributed by atoms with E-state index in [1.165, 1.54) is 5.39 Å². The number of nitrogens with one attached hydrogen (secondary N) is 4. The Kier molecular flexibility index (Phi) is 7.27. The van der Waals surface area contributed by atoms with E-state index in [9.17, 15) is 9.59 Å². The summed E-state index contributed by atoms with van der Waals surface area (Å²) >= 11 is 0. The summed E-state index contributed by atoms with van der Waals surface area (Å²) in [6, 6.07) is 38.0. The molecule has 0 aliphatic heterocycles. The zero-order chi connectivity index (χ0) is 30.9. The minimum atomic E-state index is -0.685. The van der Waals surface area contributed by atoms with Crippen LogP contribution in [0.15, 0.2) is 125 Å². The molecule has 0 radical (unpaired) electrons. The van der Waals surface area contributed by atoms with E-state index in [-0.39, 0.29) is 11.1 Å². The van der Waals surface area contributed by atoms with Crippen molar-refractivity contribution in [2.45, 2.75) is 26.4 Å². The van der Waals surface area contributed by atoms with Crippen LogP contribution in [0.1, 0.15) is 39.3 Å². The predicted molar refractivity (Wildman–Crippen MR) is 179 cm³/mol. The van der Waals surface area contributed by atoms with Gasteiger partial charge in [-0.05, 0) is 59.0 Å². The maximum absolute atomic E-state index is 13.6. The monoisotopic (exact) mass is 592 g/mol. The van der Waals surface area contributed by atoms with Crippen molar-refractivity contribution in [3.05, 3.63) is 169 Å². The molecule has 0 bridgehead atoms. The van der Waals surface area contributed by atoms with E-state index < -0.39 is 5.92 Å². The summed E-state index contributed by atoms with van der Waals surface area (Å²) in [5.41, 5.74) is 7.40. The van der Waals surface area contributed by atoms with Gasteiger partial charge in [0.25, 0.3) is 11.1 Å². The molecule has 0 spiro atoms. The van der Waals surface area contributed by atoms with Crippen molar-refractivity contribution in [1.29, 1.82) is 0 Å². The van der Waals surface area contributed by atoms with Gasteiger partial charge in [-0.25, -0.2) is 0 Å². The zero-order valence-electron chi connectivity index (χ0n) is 25.0. The third kappa shape index (κ3) is 5.40. The van der Waals surface area contributed by atoms with E-state index in [0.29, 0.717) is 34.9 Å². The Hall–Kier alpha value is -5.82. The molecule has 0 unspecified atom stereocenters. The Morgan fingerprint density at radius 3 is 1.69 bits per heavy atom. The number of rotatable bonds is 8. The van der Waals surface area contributed by atoms with Crippen LogP contribution in [0.3, 0.4) is 0 Å². The van der Waals surface area contributed by atoms with Gasteiger partial charge in [-0.1, -0.05) is 114 Å². The molecule has 45 heavy (non-hydrogen) atoms. The first-order valence-corrected chi connectivity index (χ1v) is 14.9. The second kappa shape index (κ2) is 11.7. The van der Waals surface area contributed by atoms with Gasteiger partial charge in [0.15, 0.2) is 0 Å². The largest absolute Gasteiger partial charge is 0.489 e. The number of ether oxygens (including phenoxy) is 1. The molecule has 0 saturated carbocycles. The Bertz CT molecular complexity index is 2110. The molecule has 7 heteroatoms. The number of fused-ring (bicyclic) bond motifs is 1. The van der Waals surface area contributed by atoms with E-state index in [0.717, 1.165) is 38.8 Å². The van der Waals surface area contributed by atoms with Gasteiger partial charge in [0.2, 0.25) is 0 Å². The molecule has 5 aromatic carbocycles. The van der Waals surface area contributed by atoms with Crippen LogP contribution in [0.25, 0.3) is 33.3 Å². The third-order valence-electron chi connectivity index (χ3n) is 8.38. The van der Waals surface area contributed by atoms with Crippen LogP contribution in [0.2, 0.25) is 0 Å². The molecule has 0 amide bonds. The molecular weight excluding hydrogens is 560 g/mol. The Labute approximate surface area is 259 Å². The minimum absolute atomic E-state index is 0.290. The summed E-state index contributed by atoms with van der Waals surface area (Å²) < 4.78 is 6.22. The molecule has 0 aliphatic rings. The van der Waals surface area contributed by atoms with Gasteiger partial charge in [0.05, 0.1) is 22.5 Å². The molecule has 4 N–H and O–H groups in total. The average Bonchev–Trinajstić information content (AvgIpc) is 3.64. The second-order valence-electron chi connectivity index (χ2n) is 11.4. The van der Waals surface area contributed by atoms with Crippen LogP contribution in [0.4, 0.5) is 0 Å². The number of benzene rings is 5. The van der Waals surface area contributed by atoms with Crippen LogP contribution in [0, 0.1) is 13.8 Å². The SMILES string of the molecule is Cc1ccc(-c2[nH][nH]c(=O)c2C(c2ccc(OCc3cccc4ccccc34)cc2)c2c(-c3ccc(C)cc3)[nH][nH]c2=O)cc1. The van der Waals surface area contributed by atoms with Crippen LogP contribution < -0.4 is 15.9 Å². The lowest BCUT2D eigenvalue weighted by atomic mass is 9.83. The second-order valence-corrected chi connectivity index (χ2v) is 11.4. The van der Waals surface area contributed by atoms with Crippen molar-refractivity contribution in [3.63, 3.8) is 0 Å². The lowest BCUT2D eigenvalue weighted by Gasteiger charge is -2.18. The molecule has 2 aromatic heterocycles. The summed E-state index contributed by atoms with van der Waals surface area (Å²) in [5.74, 6) is 0.00336. The molecule has 222 valence electrons. The highest BCUT2D eigenvalue weighted by Gasteiger charge is 2.31. The first kappa shape index (κ1) is 28.0. The van der Waals surface area contributed by atoms with Gasteiger partial charge >= 0.3 is 0 Å². The molecular formula is C38H32N4O3. The van der Waals surface area contributed by atoms with E-state index >= 15 is 0 Å². The molecule has 0 saturated heterocycles. The van der Waals surface area contributed by atoms with E-state index in [2.05, 4.69) is 44.7 Å². The van der Waals surface area contributed by atoms with Crippen LogP contribution in [-0.2, 0) is 6.61 Å². The van der Waals surface area contributed by atoms with Crippen molar-refractivity contribution < 1.29 is 4.74 Å². The topological polar surface area (TPSA) is 107 Å². The highest BCUT2D eigenvalue weighted by Crippen LogP contribution is 2.38. The lowest BCUT2D eigenvalue weighted by Crippen LogP contribution is -2.20. The van der Waals surface area contributed by atoms with Crippen molar-refractivity contribution in [2.24, 2.45) is 0 Å². The molecule has 7 rings (SSSR count). The summed E-state index contributed by atoms with van der Waals surface area (Å²) in [4.78, 5) is 27.2. The lowest BCUT2D eigenvalue weighted by molar-refractivity contribution is 0.307. The maximum atomic E-state index is 13.6. The van der Waals surface area contributed by atoms with Crippen LogP contribution in [0.5, 0.6) is 5.75 Å². The smallest absolute Gasteiger partial charge is 0.268 e. The minimum Gasteiger partial charge on any atom is -0.489 e. The van der Waals surface area contributed by atoms with Gasteiger partial charge < -0.3 is 4.74 Å². The zero-order valence-corrected chi connectivity index (χ0v) is 25.0. The molecule has 7 aromatic rings. The molecule has 7 nitrogen and oxygen atoms in total. The highest BCUT2D eigenvalue weighted by molar-refractivity contribution is 5.85. The summed E-state index contributed by atoms with van der Waals surface area (Å²) in [6.07, 6.45) is 0. The molecule has 0 atom stereocenters. The Morgan fingerprint density at radius 2 is 1.11 bits per heavy atom. The fourth-order valence-corrected chi connectivity index (χ4v) is 6.00. The first-order chi connectivity index (χ1) is 22.0. The maximum Gasteiger partial charge on any atom is 0.268 e. The van der Waals surface area contributed by atoms with Crippen LogP contribution in [-0.4, -0.2) is 20.4 Å². The molecule has 2 heterocycles. The number of hydrogen-bond acceptors (Lipinski definition) is 3. The predicted octanol–water partition coefficient (Wildman–Crippen LogP) is 7.58. The van der Waals surface area contributed by atoms with Gasteiger partial charge in [-0.3, -0.25) is 30.0 Å².